The number of carbonyl (C=O) groups is 1. The van der Waals surface area contributed by atoms with E-state index in [4.69, 9.17) is 14.2 Å². The van der Waals surface area contributed by atoms with Crippen LogP contribution in [0.3, 0.4) is 0 Å². The van der Waals surface area contributed by atoms with E-state index < -0.39 is 0 Å². The van der Waals surface area contributed by atoms with Gasteiger partial charge in [-0.05, 0) is 24.6 Å². The zero-order valence-corrected chi connectivity index (χ0v) is 12.1. The lowest BCUT2D eigenvalue weighted by atomic mass is 10.1. The number of hydrogen-bond acceptors (Lipinski definition) is 5. The monoisotopic (exact) mass is 292 g/mol. The Labute approximate surface area is 123 Å². The summed E-state index contributed by atoms with van der Waals surface area (Å²) in [5.41, 5.74) is 0.996. The van der Waals surface area contributed by atoms with Gasteiger partial charge < -0.3 is 24.8 Å². The molecule has 0 spiro atoms. The summed E-state index contributed by atoms with van der Waals surface area (Å²) in [6.07, 6.45) is 0.338. The van der Waals surface area contributed by atoms with Crippen LogP contribution < -0.4 is 20.1 Å². The molecule has 0 bridgehead atoms. The topological polar surface area (TPSA) is 68.8 Å². The minimum absolute atomic E-state index is 0.00568. The highest BCUT2D eigenvalue weighted by molar-refractivity contribution is 5.77. The van der Waals surface area contributed by atoms with Crippen molar-refractivity contribution in [1.29, 1.82) is 0 Å². The highest BCUT2D eigenvalue weighted by Crippen LogP contribution is 2.34. The van der Waals surface area contributed by atoms with Gasteiger partial charge in [0.05, 0.1) is 25.2 Å². The largest absolute Gasteiger partial charge is 0.454 e. The molecule has 0 aliphatic carbocycles. The van der Waals surface area contributed by atoms with Crippen molar-refractivity contribution in [2.45, 2.75) is 25.5 Å². The molecule has 1 fully saturated rings. The van der Waals surface area contributed by atoms with Gasteiger partial charge >= 0.3 is 0 Å². The Bertz CT molecular complexity index is 514. The van der Waals surface area contributed by atoms with Crippen LogP contribution >= 0.6 is 0 Å². The molecular formula is C15H20N2O4. The van der Waals surface area contributed by atoms with Gasteiger partial charge in [-0.1, -0.05) is 6.07 Å². The van der Waals surface area contributed by atoms with Crippen molar-refractivity contribution in [3.8, 4) is 11.5 Å². The Morgan fingerprint density at radius 2 is 2.29 bits per heavy atom. The van der Waals surface area contributed by atoms with Crippen LogP contribution in [0.25, 0.3) is 0 Å². The van der Waals surface area contributed by atoms with Gasteiger partial charge in [-0.15, -0.1) is 0 Å². The van der Waals surface area contributed by atoms with Gasteiger partial charge in [-0.2, -0.15) is 0 Å². The van der Waals surface area contributed by atoms with Gasteiger partial charge in [0.25, 0.3) is 0 Å². The van der Waals surface area contributed by atoms with E-state index in [9.17, 15) is 4.79 Å². The van der Waals surface area contributed by atoms with E-state index in [0.29, 0.717) is 13.0 Å². The predicted molar refractivity (Wildman–Crippen MR) is 76.3 cm³/mol. The highest BCUT2D eigenvalue weighted by Gasteiger charge is 2.20. The summed E-state index contributed by atoms with van der Waals surface area (Å²) in [6, 6.07) is 5.64. The van der Waals surface area contributed by atoms with Crippen molar-refractivity contribution in [2.24, 2.45) is 0 Å². The quantitative estimate of drug-likeness (QED) is 0.865. The molecule has 3 rings (SSSR count). The van der Waals surface area contributed by atoms with E-state index >= 15 is 0 Å². The van der Waals surface area contributed by atoms with Crippen LogP contribution in [-0.4, -0.2) is 38.5 Å². The van der Waals surface area contributed by atoms with E-state index in [0.717, 1.165) is 30.2 Å². The van der Waals surface area contributed by atoms with E-state index in [2.05, 4.69) is 10.6 Å². The molecule has 2 unspecified atom stereocenters. The summed E-state index contributed by atoms with van der Waals surface area (Å²) >= 11 is 0. The molecule has 1 amide bonds. The smallest absolute Gasteiger partial charge is 0.231 e. The minimum Gasteiger partial charge on any atom is -0.454 e. The maximum Gasteiger partial charge on any atom is 0.231 e. The number of ether oxygens (including phenoxy) is 3. The molecule has 2 heterocycles. The second kappa shape index (κ2) is 6.32. The molecule has 0 aromatic heterocycles. The Morgan fingerprint density at radius 1 is 1.43 bits per heavy atom. The summed E-state index contributed by atoms with van der Waals surface area (Å²) in [5.74, 6) is 1.47. The van der Waals surface area contributed by atoms with Crippen LogP contribution in [0.5, 0.6) is 11.5 Å². The van der Waals surface area contributed by atoms with Gasteiger partial charge in [-0.25, -0.2) is 0 Å². The van der Waals surface area contributed by atoms with Gasteiger partial charge in [0.1, 0.15) is 0 Å². The first kappa shape index (κ1) is 14.2. The van der Waals surface area contributed by atoms with Gasteiger partial charge in [-0.3, -0.25) is 4.79 Å². The van der Waals surface area contributed by atoms with Crippen LogP contribution in [0.2, 0.25) is 0 Å². The molecule has 1 aromatic rings. The molecule has 2 atom stereocenters. The Balaban J connectivity index is 1.55. The standard InChI is InChI=1S/C15H20N2O4/c1-10(11-2-3-13-14(6-11)21-9-20-13)17-15(18)7-12-8-16-4-5-19-12/h2-3,6,10,12,16H,4-5,7-9H2,1H3,(H,17,18). The lowest BCUT2D eigenvalue weighted by Crippen LogP contribution is -2.41. The molecule has 2 aliphatic rings. The number of nitrogens with one attached hydrogen (secondary N) is 2. The predicted octanol–water partition coefficient (Wildman–Crippen LogP) is 0.971. The first-order valence-electron chi connectivity index (χ1n) is 7.23. The van der Waals surface area contributed by atoms with Crippen LogP contribution in [0.1, 0.15) is 24.9 Å². The molecule has 6 heteroatoms. The molecule has 2 aliphatic heterocycles. The molecule has 21 heavy (non-hydrogen) atoms. The number of carbonyl (C=O) groups excluding carboxylic acids is 1. The maximum absolute atomic E-state index is 12.1. The number of benzene rings is 1. The van der Waals surface area contributed by atoms with Gasteiger partial charge in [0.2, 0.25) is 12.7 Å². The van der Waals surface area contributed by atoms with Crippen LogP contribution in [0.15, 0.2) is 18.2 Å². The lowest BCUT2D eigenvalue weighted by molar-refractivity contribution is -0.125. The molecular weight excluding hydrogens is 272 g/mol. The number of amides is 1. The molecule has 0 saturated carbocycles. The number of hydrogen-bond donors (Lipinski definition) is 2. The average Bonchev–Trinajstić information content (AvgIpc) is 2.95. The summed E-state index contributed by atoms with van der Waals surface area (Å²) in [4.78, 5) is 12.1. The van der Waals surface area contributed by atoms with E-state index in [1.54, 1.807) is 0 Å². The average molecular weight is 292 g/mol. The van der Waals surface area contributed by atoms with E-state index in [1.165, 1.54) is 0 Å². The van der Waals surface area contributed by atoms with Crippen molar-refractivity contribution < 1.29 is 19.0 Å². The maximum atomic E-state index is 12.1. The second-order valence-corrected chi connectivity index (χ2v) is 5.30. The third kappa shape index (κ3) is 3.46. The van der Waals surface area contributed by atoms with Crippen molar-refractivity contribution in [2.75, 3.05) is 26.5 Å². The number of fused-ring (bicyclic) bond motifs is 1. The summed E-state index contributed by atoms with van der Waals surface area (Å²) < 4.78 is 16.2. The molecule has 2 N–H and O–H groups in total. The van der Waals surface area contributed by atoms with Crippen LogP contribution in [0.4, 0.5) is 0 Å². The molecule has 0 radical (unpaired) electrons. The molecule has 1 saturated heterocycles. The Kier molecular flexibility index (Phi) is 4.26. The number of morpholine rings is 1. The minimum atomic E-state index is -0.0800. The summed E-state index contributed by atoms with van der Waals surface area (Å²) in [7, 11) is 0. The first-order valence-corrected chi connectivity index (χ1v) is 7.23. The van der Waals surface area contributed by atoms with Crippen LogP contribution in [-0.2, 0) is 9.53 Å². The fourth-order valence-corrected chi connectivity index (χ4v) is 2.52. The van der Waals surface area contributed by atoms with Gasteiger partial charge in [0.15, 0.2) is 11.5 Å². The normalized spacial score (nSPS) is 21.9. The Morgan fingerprint density at radius 3 is 3.10 bits per heavy atom. The fourth-order valence-electron chi connectivity index (χ4n) is 2.52. The molecule has 1 aromatic carbocycles. The molecule has 114 valence electrons. The summed E-state index contributed by atoms with van der Waals surface area (Å²) in [5, 5.41) is 6.21. The highest BCUT2D eigenvalue weighted by atomic mass is 16.7. The second-order valence-electron chi connectivity index (χ2n) is 5.30. The zero-order valence-electron chi connectivity index (χ0n) is 12.1. The van der Waals surface area contributed by atoms with Crippen molar-refractivity contribution in [3.63, 3.8) is 0 Å². The van der Waals surface area contributed by atoms with Gasteiger partial charge in [0, 0.05) is 13.1 Å². The first-order chi connectivity index (χ1) is 10.2. The summed E-state index contributed by atoms with van der Waals surface area (Å²) in [6.45, 7) is 4.45. The van der Waals surface area contributed by atoms with Crippen LogP contribution in [0, 0.1) is 0 Å². The van der Waals surface area contributed by atoms with E-state index in [1.807, 2.05) is 25.1 Å². The molecule has 6 nitrogen and oxygen atoms in total. The van der Waals surface area contributed by atoms with Crippen molar-refractivity contribution in [1.82, 2.24) is 10.6 Å². The lowest BCUT2D eigenvalue weighted by Gasteiger charge is -2.24. The zero-order chi connectivity index (χ0) is 14.7. The van der Waals surface area contributed by atoms with Crippen molar-refractivity contribution >= 4 is 5.91 Å². The SMILES string of the molecule is CC(NC(=O)CC1CNCCO1)c1ccc2c(c1)OCO2. The Hall–Kier alpha value is -1.79. The fraction of sp³-hybridized carbons (Fsp3) is 0.533. The third-order valence-corrected chi connectivity index (χ3v) is 3.69. The number of rotatable bonds is 4. The third-order valence-electron chi connectivity index (χ3n) is 3.69. The van der Waals surface area contributed by atoms with Crippen molar-refractivity contribution in [3.05, 3.63) is 23.8 Å². The van der Waals surface area contributed by atoms with E-state index in [-0.39, 0.29) is 24.8 Å².